The van der Waals surface area contributed by atoms with Gasteiger partial charge in [-0.15, -0.1) is 6.42 Å². The lowest BCUT2D eigenvalue weighted by Crippen LogP contribution is -2.23. The maximum Gasteiger partial charge on any atom is 0.0947 e. The molecule has 0 heterocycles. The van der Waals surface area contributed by atoms with E-state index in [0.29, 0.717) is 0 Å². The van der Waals surface area contributed by atoms with E-state index in [1.807, 2.05) is 18.2 Å². The summed E-state index contributed by atoms with van der Waals surface area (Å²) in [6.07, 6.45) is 5.73. The van der Waals surface area contributed by atoms with Crippen molar-refractivity contribution < 1.29 is 0 Å². The Morgan fingerprint density at radius 3 is 2.04 bits per heavy atom. The van der Waals surface area contributed by atoms with Crippen molar-refractivity contribution in [3.05, 3.63) is 108 Å². The fourth-order valence-corrected chi connectivity index (χ4v) is 3.53. The molecule has 1 N–H and O–H groups in total. The van der Waals surface area contributed by atoms with E-state index in [-0.39, 0.29) is 12.1 Å². The molecule has 3 aromatic carbocycles. The average Bonchev–Trinajstić information content (AvgIpc) is 3.36. The van der Waals surface area contributed by atoms with E-state index in [9.17, 15) is 0 Å². The molecule has 2 atom stereocenters. The van der Waals surface area contributed by atoms with Crippen LogP contribution >= 0.6 is 0 Å². The molecule has 0 bridgehead atoms. The molecule has 0 fully saturated rings. The zero-order valence-electron chi connectivity index (χ0n) is 16.0. The lowest BCUT2D eigenvalue weighted by Gasteiger charge is -2.21. The van der Waals surface area contributed by atoms with E-state index in [2.05, 4.69) is 97.0 Å². The SMILES string of the molecule is C#CC(NC(C)c1cccc2ccccc12)c1ccccc1.c1cc2cc-2c1. The van der Waals surface area contributed by atoms with Crippen LogP contribution in [0.5, 0.6) is 0 Å². The molecular formula is C27H23N. The van der Waals surface area contributed by atoms with Gasteiger partial charge in [-0.3, -0.25) is 5.32 Å². The first kappa shape index (κ1) is 18.0. The molecule has 0 radical (unpaired) electrons. The summed E-state index contributed by atoms with van der Waals surface area (Å²) in [5.41, 5.74) is 5.25. The Hall–Kier alpha value is -3.34. The molecule has 3 aromatic rings. The molecule has 0 spiro atoms. The molecule has 0 saturated heterocycles. The van der Waals surface area contributed by atoms with Gasteiger partial charge < -0.3 is 0 Å². The van der Waals surface area contributed by atoms with E-state index in [1.54, 1.807) is 0 Å². The van der Waals surface area contributed by atoms with Gasteiger partial charge in [0.15, 0.2) is 0 Å². The average molecular weight is 361 g/mol. The van der Waals surface area contributed by atoms with Crippen LogP contribution < -0.4 is 5.32 Å². The Labute approximate surface area is 167 Å². The molecule has 1 heteroatoms. The predicted octanol–water partition coefficient (Wildman–Crippen LogP) is 6.53. The highest BCUT2D eigenvalue weighted by molar-refractivity contribution is 5.86. The van der Waals surface area contributed by atoms with Crippen LogP contribution in [-0.2, 0) is 0 Å². The molecule has 1 nitrogen and oxygen atoms in total. The van der Waals surface area contributed by atoms with Crippen LogP contribution in [0.1, 0.15) is 30.1 Å². The molecular weight excluding hydrogens is 338 g/mol. The van der Waals surface area contributed by atoms with E-state index in [1.165, 1.54) is 27.5 Å². The number of fused-ring (bicyclic) bond motifs is 2. The second kappa shape index (κ2) is 8.13. The van der Waals surface area contributed by atoms with Crippen molar-refractivity contribution in [2.45, 2.75) is 19.0 Å². The maximum absolute atomic E-state index is 5.73. The zero-order chi connectivity index (χ0) is 19.3. The maximum atomic E-state index is 5.73. The summed E-state index contributed by atoms with van der Waals surface area (Å²) in [6, 6.07) is 33.6. The van der Waals surface area contributed by atoms with E-state index in [0.717, 1.165) is 5.56 Å². The number of nitrogens with one attached hydrogen (secondary N) is 1. The monoisotopic (exact) mass is 361 g/mol. The van der Waals surface area contributed by atoms with Gasteiger partial charge in [-0.1, -0.05) is 96.9 Å². The van der Waals surface area contributed by atoms with Gasteiger partial charge in [-0.05, 0) is 46.0 Å². The van der Waals surface area contributed by atoms with E-state index < -0.39 is 0 Å². The fraction of sp³-hybridized carbons (Fsp3) is 0.111. The summed E-state index contributed by atoms with van der Waals surface area (Å²) in [5, 5.41) is 6.08. The smallest absolute Gasteiger partial charge is 0.0947 e. The third-order valence-electron chi connectivity index (χ3n) is 5.12. The predicted molar refractivity (Wildman–Crippen MR) is 119 cm³/mol. The van der Waals surface area contributed by atoms with Crippen molar-refractivity contribution in [2.24, 2.45) is 0 Å². The van der Waals surface area contributed by atoms with Crippen LogP contribution in [0.4, 0.5) is 0 Å². The summed E-state index contributed by atoms with van der Waals surface area (Å²) in [5.74, 6) is 2.86. The van der Waals surface area contributed by atoms with Crippen molar-refractivity contribution in [2.75, 3.05) is 0 Å². The van der Waals surface area contributed by atoms with Crippen LogP contribution in [-0.4, -0.2) is 0 Å². The Balaban J connectivity index is 0.000000268. The number of rotatable bonds is 4. The molecule has 5 rings (SSSR count). The van der Waals surface area contributed by atoms with Gasteiger partial charge in [0.05, 0.1) is 6.04 Å². The van der Waals surface area contributed by atoms with Crippen LogP contribution in [0.3, 0.4) is 0 Å². The molecule has 0 saturated carbocycles. The van der Waals surface area contributed by atoms with Crippen molar-refractivity contribution in [3.63, 3.8) is 0 Å². The minimum atomic E-state index is -0.0878. The second-order valence-electron chi connectivity index (χ2n) is 7.05. The van der Waals surface area contributed by atoms with Crippen molar-refractivity contribution in [1.29, 1.82) is 0 Å². The van der Waals surface area contributed by atoms with Gasteiger partial charge in [0.25, 0.3) is 0 Å². The summed E-state index contributed by atoms with van der Waals surface area (Å²) in [6.45, 7) is 2.16. The number of hydrogen-bond acceptors (Lipinski definition) is 1. The minimum absolute atomic E-state index is 0.0878. The summed E-state index contributed by atoms with van der Waals surface area (Å²) < 4.78 is 0. The van der Waals surface area contributed by atoms with Crippen molar-refractivity contribution in [3.8, 4) is 23.5 Å². The standard InChI is InChI=1S/C21H19N.C6H4/c1-3-21(18-11-5-4-6-12-18)22-16(2)19-15-9-13-17-10-7-8-14-20(17)19;1-2-5-4-6(5)3-1/h1,4-16,21-22H,2H3;1-4H. The highest BCUT2D eigenvalue weighted by Gasteiger charge is 2.14. The van der Waals surface area contributed by atoms with Crippen molar-refractivity contribution >= 4 is 10.8 Å². The van der Waals surface area contributed by atoms with Gasteiger partial charge in [0.1, 0.15) is 0 Å². The molecule has 136 valence electrons. The topological polar surface area (TPSA) is 12.0 Å². The molecule has 28 heavy (non-hydrogen) atoms. The Kier molecular flexibility index (Phi) is 5.24. The lowest BCUT2D eigenvalue weighted by atomic mass is 9.98. The van der Waals surface area contributed by atoms with Gasteiger partial charge in [0, 0.05) is 6.04 Å². The quantitative estimate of drug-likeness (QED) is 0.359. The van der Waals surface area contributed by atoms with E-state index >= 15 is 0 Å². The Morgan fingerprint density at radius 1 is 0.750 bits per heavy atom. The molecule has 2 aliphatic rings. The zero-order valence-corrected chi connectivity index (χ0v) is 16.0. The number of benzene rings is 4. The minimum Gasteiger partial charge on any atom is -0.293 e. The summed E-state index contributed by atoms with van der Waals surface area (Å²) in [4.78, 5) is 0. The summed E-state index contributed by atoms with van der Waals surface area (Å²) in [7, 11) is 0. The molecule has 0 amide bonds. The van der Waals surface area contributed by atoms with Gasteiger partial charge in [-0.2, -0.15) is 0 Å². The fourth-order valence-electron chi connectivity index (χ4n) is 3.53. The molecule has 2 unspecified atom stereocenters. The van der Waals surface area contributed by atoms with E-state index in [4.69, 9.17) is 6.42 Å². The third kappa shape index (κ3) is 3.98. The van der Waals surface area contributed by atoms with Crippen molar-refractivity contribution in [1.82, 2.24) is 5.32 Å². The highest BCUT2D eigenvalue weighted by atomic mass is 14.9. The third-order valence-corrected chi connectivity index (χ3v) is 5.12. The largest absolute Gasteiger partial charge is 0.293 e. The normalized spacial score (nSPS) is 13.0. The number of terminal acetylenes is 1. The first-order chi connectivity index (χ1) is 13.8. The van der Waals surface area contributed by atoms with Gasteiger partial charge >= 0.3 is 0 Å². The Morgan fingerprint density at radius 2 is 1.39 bits per heavy atom. The molecule has 0 aromatic heterocycles. The summed E-state index contributed by atoms with van der Waals surface area (Å²) >= 11 is 0. The molecule has 2 aliphatic carbocycles. The number of hydrogen-bond donors (Lipinski definition) is 1. The lowest BCUT2D eigenvalue weighted by molar-refractivity contribution is 0.540. The van der Waals surface area contributed by atoms with Crippen LogP contribution in [0.15, 0.2) is 97.1 Å². The highest BCUT2D eigenvalue weighted by Crippen LogP contribution is 2.32. The second-order valence-corrected chi connectivity index (χ2v) is 7.05. The first-order valence-corrected chi connectivity index (χ1v) is 9.61. The Bertz CT molecular complexity index is 1100. The van der Waals surface area contributed by atoms with Crippen LogP contribution in [0, 0.1) is 12.3 Å². The van der Waals surface area contributed by atoms with Crippen LogP contribution in [0.25, 0.3) is 21.9 Å². The van der Waals surface area contributed by atoms with Crippen LogP contribution in [0.2, 0.25) is 0 Å². The molecule has 0 aliphatic heterocycles. The first-order valence-electron chi connectivity index (χ1n) is 9.61. The van der Waals surface area contributed by atoms with Gasteiger partial charge in [0.2, 0.25) is 0 Å². The van der Waals surface area contributed by atoms with Gasteiger partial charge in [-0.25, -0.2) is 0 Å².